The van der Waals surface area contributed by atoms with Crippen LogP contribution in [-0.2, 0) is 16.6 Å². The molecule has 0 bridgehead atoms. The Morgan fingerprint density at radius 2 is 2.00 bits per heavy atom. The summed E-state index contributed by atoms with van der Waals surface area (Å²) >= 11 is 0. The molecule has 29 heavy (non-hydrogen) atoms. The molecule has 0 aliphatic heterocycles. The van der Waals surface area contributed by atoms with Crippen molar-refractivity contribution in [2.24, 2.45) is 0 Å². The fraction of sp³-hybridized carbons (Fsp3) is 0.250. The fourth-order valence-corrected chi connectivity index (χ4v) is 4.28. The Labute approximate surface area is 168 Å². The van der Waals surface area contributed by atoms with Crippen LogP contribution in [-0.4, -0.2) is 42.9 Å². The van der Waals surface area contributed by atoms with Gasteiger partial charge in [-0.05, 0) is 30.7 Å². The third kappa shape index (κ3) is 3.89. The molecule has 2 aromatic heterocycles. The largest absolute Gasteiger partial charge is 0.354 e. The second-order valence-electron chi connectivity index (χ2n) is 6.88. The Morgan fingerprint density at radius 1 is 1.28 bits per heavy atom. The molecule has 0 spiro atoms. The van der Waals surface area contributed by atoms with Crippen molar-refractivity contribution in [1.82, 2.24) is 13.9 Å². The Balaban J connectivity index is 2.28. The number of nitrogens with zero attached hydrogens (tertiary/aromatic N) is 2. The predicted octanol–water partition coefficient (Wildman–Crippen LogP) is 1.65. The molecule has 0 radical (unpaired) electrons. The molecular weight excluding hydrogens is 395 g/mol. The molecule has 7 nitrogen and oxygen atoms in total. The zero-order valence-corrected chi connectivity index (χ0v) is 17.4. The molecule has 0 aliphatic carbocycles. The van der Waals surface area contributed by atoms with Gasteiger partial charge in [-0.3, -0.25) is 4.79 Å². The molecule has 154 valence electrons. The summed E-state index contributed by atoms with van der Waals surface area (Å²) in [6.45, 7) is 2.15. The molecule has 0 fully saturated rings. The van der Waals surface area contributed by atoms with Gasteiger partial charge in [0.1, 0.15) is 5.83 Å². The Morgan fingerprint density at radius 3 is 2.66 bits per heavy atom. The van der Waals surface area contributed by atoms with E-state index < -0.39 is 10.0 Å². The maximum atomic E-state index is 14.2. The van der Waals surface area contributed by atoms with Gasteiger partial charge >= 0.3 is 0 Å². The number of fused-ring (bicyclic) bond motifs is 1. The summed E-state index contributed by atoms with van der Waals surface area (Å²) in [6, 6.07) is 9.54. The molecule has 0 aliphatic rings. The third-order valence-corrected chi connectivity index (χ3v) is 6.59. The van der Waals surface area contributed by atoms with E-state index in [9.17, 15) is 17.6 Å². The van der Waals surface area contributed by atoms with Gasteiger partial charge in [-0.15, -0.1) is 0 Å². The van der Waals surface area contributed by atoms with Crippen molar-refractivity contribution >= 4 is 21.1 Å². The lowest BCUT2D eigenvalue weighted by Gasteiger charge is -2.12. The first-order chi connectivity index (χ1) is 13.7. The van der Waals surface area contributed by atoms with Gasteiger partial charge in [0.05, 0.1) is 29.0 Å². The van der Waals surface area contributed by atoms with Gasteiger partial charge in [-0.25, -0.2) is 17.1 Å². The van der Waals surface area contributed by atoms with Crippen LogP contribution in [0.3, 0.4) is 0 Å². The second-order valence-corrected chi connectivity index (χ2v) is 9.04. The number of rotatable bonds is 6. The number of aromatic nitrogens is 2. The van der Waals surface area contributed by atoms with E-state index in [0.717, 1.165) is 4.31 Å². The van der Waals surface area contributed by atoms with E-state index in [-0.39, 0.29) is 22.8 Å². The molecule has 3 rings (SSSR count). The van der Waals surface area contributed by atoms with E-state index in [1.807, 2.05) is 6.92 Å². The van der Waals surface area contributed by atoms with Crippen molar-refractivity contribution in [3.63, 3.8) is 0 Å². The lowest BCUT2D eigenvalue weighted by molar-refractivity contribution is -0.353. The molecule has 4 N–H and O–H groups in total. The fourth-order valence-electron chi connectivity index (χ4n) is 3.33. The zero-order chi connectivity index (χ0) is 21.3. The Bertz CT molecular complexity index is 1260. The molecule has 9 heteroatoms. The lowest BCUT2D eigenvalue weighted by atomic mass is 10.1. The van der Waals surface area contributed by atoms with Gasteiger partial charge in [0.15, 0.2) is 0 Å². The maximum absolute atomic E-state index is 14.2. The summed E-state index contributed by atoms with van der Waals surface area (Å²) in [5.41, 5.74) is 6.54. The van der Waals surface area contributed by atoms with Crippen LogP contribution in [0.1, 0.15) is 5.69 Å². The first kappa shape index (κ1) is 21.0. The zero-order valence-electron chi connectivity index (χ0n) is 16.6. The van der Waals surface area contributed by atoms with E-state index >= 15 is 0 Å². The van der Waals surface area contributed by atoms with Crippen molar-refractivity contribution < 1.29 is 18.5 Å². The molecule has 0 saturated carbocycles. The number of pyridine rings is 1. The van der Waals surface area contributed by atoms with Crippen LogP contribution >= 0.6 is 0 Å². The number of sulfonamides is 1. The number of aromatic amines is 1. The van der Waals surface area contributed by atoms with Crippen LogP contribution in [0.2, 0.25) is 0 Å². The summed E-state index contributed by atoms with van der Waals surface area (Å²) < 4.78 is 42.2. The molecule has 0 unspecified atom stereocenters. The highest BCUT2D eigenvalue weighted by atomic mass is 32.2. The second kappa shape index (κ2) is 7.94. The SMILES string of the molecule is Cc1c(-c2cccc(S(=O)(=O)N(C)C)c2)c2[nH]c(=O)ccc2n1CC(F)=CC[NH3+]. The monoisotopic (exact) mass is 419 g/mol. The van der Waals surface area contributed by atoms with Crippen molar-refractivity contribution in [2.45, 2.75) is 18.4 Å². The van der Waals surface area contributed by atoms with E-state index in [0.29, 0.717) is 34.4 Å². The van der Waals surface area contributed by atoms with Crippen molar-refractivity contribution in [3.8, 4) is 11.1 Å². The number of halogens is 1. The van der Waals surface area contributed by atoms with Gasteiger partial charge < -0.3 is 15.3 Å². The minimum absolute atomic E-state index is 0.000412. The molecule has 0 amide bonds. The molecular formula is C20H24FN4O3S+. The molecule has 0 saturated heterocycles. The Kier molecular flexibility index (Phi) is 5.74. The summed E-state index contributed by atoms with van der Waals surface area (Å²) in [4.78, 5) is 14.9. The van der Waals surface area contributed by atoms with Crippen LogP contribution in [0.15, 0.2) is 58.0 Å². The first-order valence-corrected chi connectivity index (χ1v) is 10.5. The van der Waals surface area contributed by atoms with E-state index in [1.165, 1.54) is 32.3 Å². The van der Waals surface area contributed by atoms with Crippen LogP contribution < -0.4 is 11.3 Å². The Hall–Kier alpha value is -2.75. The number of allylic oxidation sites excluding steroid dienone is 1. The quantitative estimate of drug-likeness (QED) is 0.635. The lowest BCUT2D eigenvalue weighted by Crippen LogP contribution is -2.49. The summed E-state index contributed by atoms with van der Waals surface area (Å²) in [6.07, 6.45) is 1.40. The van der Waals surface area contributed by atoms with Crippen molar-refractivity contribution in [3.05, 3.63) is 64.3 Å². The highest BCUT2D eigenvalue weighted by molar-refractivity contribution is 7.89. The summed E-state index contributed by atoms with van der Waals surface area (Å²) in [5.74, 6) is -0.332. The summed E-state index contributed by atoms with van der Waals surface area (Å²) in [7, 11) is -0.690. The predicted molar refractivity (Wildman–Crippen MR) is 111 cm³/mol. The highest BCUT2D eigenvalue weighted by Gasteiger charge is 2.21. The number of H-pyrrole nitrogens is 1. The molecule has 3 aromatic rings. The number of hydrogen-bond acceptors (Lipinski definition) is 3. The number of quaternary nitrogens is 1. The van der Waals surface area contributed by atoms with Gasteiger partial charge in [0.25, 0.3) is 0 Å². The van der Waals surface area contributed by atoms with Crippen LogP contribution in [0.4, 0.5) is 4.39 Å². The van der Waals surface area contributed by atoms with Crippen molar-refractivity contribution in [2.75, 3.05) is 20.6 Å². The van der Waals surface area contributed by atoms with Crippen LogP contribution in [0, 0.1) is 6.92 Å². The first-order valence-electron chi connectivity index (χ1n) is 9.05. The smallest absolute Gasteiger partial charge is 0.248 e. The van der Waals surface area contributed by atoms with E-state index in [2.05, 4.69) is 10.7 Å². The number of nitrogens with one attached hydrogen (secondary N) is 1. The van der Waals surface area contributed by atoms with E-state index in [1.54, 1.807) is 28.8 Å². The summed E-state index contributed by atoms with van der Waals surface area (Å²) in [5, 5.41) is 0. The topological polar surface area (TPSA) is 103 Å². The average Bonchev–Trinajstić information content (AvgIpc) is 2.92. The van der Waals surface area contributed by atoms with Gasteiger partial charge in [-0.2, -0.15) is 0 Å². The van der Waals surface area contributed by atoms with Crippen LogP contribution in [0.25, 0.3) is 22.2 Å². The normalized spacial score (nSPS) is 12.8. The van der Waals surface area contributed by atoms with Gasteiger partial charge in [0, 0.05) is 37.5 Å². The number of hydrogen-bond donors (Lipinski definition) is 2. The van der Waals surface area contributed by atoms with Gasteiger partial charge in [0.2, 0.25) is 15.6 Å². The number of benzene rings is 1. The molecule has 2 heterocycles. The molecule has 1 aromatic carbocycles. The molecule has 0 atom stereocenters. The average molecular weight is 420 g/mol. The minimum atomic E-state index is -3.62. The third-order valence-electron chi connectivity index (χ3n) is 4.78. The van der Waals surface area contributed by atoms with E-state index in [4.69, 9.17) is 0 Å². The van der Waals surface area contributed by atoms with Gasteiger partial charge in [-0.1, -0.05) is 12.1 Å². The van der Waals surface area contributed by atoms with Crippen LogP contribution in [0.5, 0.6) is 0 Å². The standard InChI is InChI=1S/C20H23FN4O3S/c1-13-19(14-5-4-6-16(11-14)29(27,28)24(2)3)20-17(7-8-18(26)23-20)25(13)12-15(21)9-10-22/h4-9,11H,10,12,22H2,1-3H3,(H,23,26)/p+1. The minimum Gasteiger partial charge on any atom is -0.354 e. The maximum Gasteiger partial charge on any atom is 0.248 e. The highest BCUT2D eigenvalue weighted by Crippen LogP contribution is 2.34. The van der Waals surface area contributed by atoms with Crippen molar-refractivity contribution in [1.29, 1.82) is 0 Å².